The van der Waals surface area contributed by atoms with E-state index in [-0.39, 0.29) is 6.03 Å². The number of urea groups is 1. The van der Waals surface area contributed by atoms with Gasteiger partial charge in [-0.15, -0.1) is 0 Å². The van der Waals surface area contributed by atoms with Crippen LogP contribution in [0.25, 0.3) is 0 Å². The number of ether oxygens (including phenoxy) is 1. The molecule has 0 saturated carbocycles. The van der Waals surface area contributed by atoms with Gasteiger partial charge in [0.1, 0.15) is 12.4 Å². The van der Waals surface area contributed by atoms with Crippen LogP contribution < -0.4 is 10.1 Å². The number of carbonyl (C=O) groups excluding carboxylic acids is 1. The van der Waals surface area contributed by atoms with Crippen LogP contribution in [-0.2, 0) is 6.42 Å². The topological polar surface area (TPSA) is 53.9 Å². The lowest BCUT2D eigenvalue weighted by atomic mass is 10.1. The molecule has 5 heteroatoms. The van der Waals surface area contributed by atoms with Gasteiger partial charge in [0.2, 0.25) is 0 Å². The molecule has 0 aliphatic carbocycles. The predicted octanol–water partition coefficient (Wildman–Crippen LogP) is 2.65. The van der Waals surface area contributed by atoms with Gasteiger partial charge in [-0.2, -0.15) is 0 Å². The lowest BCUT2D eigenvalue weighted by Crippen LogP contribution is -2.31. The largest absolute Gasteiger partial charge is 0.495 e. The van der Waals surface area contributed by atoms with E-state index >= 15 is 0 Å². The van der Waals surface area contributed by atoms with Crippen molar-refractivity contribution in [1.82, 2.24) is 4.90 Å². The van der Waals surface area contributed by atoms with Crippen LogP contribution in [0.3, 0.4) is 0 Å². The molecule has 1 aliphatic heterocycles. The zero-order chi connectivity index (χ0) is 13.7. The average Bonchev–Trinajstić information content (AvgIpc) is 2.48. The highest BCUT2D eigenvalue weighted by Crippen LogP contribution is 2.26. The van der Waals surface area contributed by atoms with Gasteiger partial charge in [-0.25, -0.2) is 4.79 Å². The van der Waals surface area contributed by atoms with Crippen molar-refractivity contribution in [3.8, 4) is 5.75 Å². The summed E-state index contributed by atoms with van der Waals surface area (Å²) in [5.74, 6) is 0.648. The van der Waals surface area contributed by atoms with E-state index in [1.165, 1.54) is 4.90 Å². The minimum absolute atomic E-state index is 0.223. The van der Waals surface area contributed by atoms with Crippen LogP contribution in [0.1, 0.15) is 12.5 Å². The lowest BCUT2D eigenvalue weighted by Gasteiger charge is -2.19. The normalized spacial score (nSPS) is 13.5. The Morgan fingerprint density at radius 2 is 2.37 bits per heavy atom. The fraction of sp³-hybridized carbons (Fsp3) is 0.286. The first-order valence-corrected chi connectivity index (χ1v) is 6.15. The maximum atomic E-state index is 12.1. The van der Waals surface area contributed by atoms with E-state index in [1.54, 1.807) is 25.6 Å². The number of amides is 2. The number of allylic oxidation sites excluding steroid dienone is 1. The Hall–Kier alpha value is -2.30. The third-order valence-electron chi connectivity index (χ3n) is 2.87. The molecule has 1 heterocycles. The molecule has 0 spiro atoms. The number of benzene rings is 1. The molecule has 0 radical (unpaired) electrons. The standard InChI is InChI=1S/C14H17N3O2/c1-3-11-5-6-13(19-2)12(9-11)16-14(18)17-8-4-7-15-10-17/h4-9H,3,10H2,1-2H3,(H,16,18). The molecule has 0 aromatic heterocycles. The van der Waals surface area contributed by atoms with E-state index in [2.05, 4.69) is 17.2 Å². The number of aliphatic imine (C=N–C) groups is 1. The second-order valence-corrected chi connectivity index (χ2v) is 4.10. The highest BCUT2D eigenvalue weighted by molar-refractivity contribution is 5.92. The van der Waals surface area contributed by atoms with Crippen molar-refractivity contribution in [2.45, 2.75) is 13.3 Å². The molecule has 0 atom stereocenters. The molecule has 1 N–H and O–H groups in total. The minimum atomic E-state index is -0.223. The molecule has 1 aliphatic rings. The van der Waals surface area contributed by atoms with Crippen molar-refractivity contribution in [2.24, 2.45) is 4.99 Å². The van der Waals surface area contributed by atoms with E-state index in [1.807, 2.05) is 18.2 Å². The van der Waals surface area contributed by atoms with E-state index in [4.69, 9.17) is 4.74 Å². The highest BCUT2D eigenvalue weighted by atomic mass is 16.5. The van der Waals surface area contributed by atoms with Gasteiger partial charge in [-0.1, -0.05) is 13.0 Å². The van der Waals surface area contributed by atoms with Crippen LogP contribution in [0, 0.1) is 0 Å². The maximum absolute atomic E-state index is 12.1. The van der Waals surface area contributed by atoms with Crippen LogP contribution in [0.4, 0.5) is 10.5 Å². The summed E-state index contributed by atoms with van der Waals surface area (Å²) < 4.78 is 5.25. The molecule has 19 heavy (non-hydrogen) atoms. The summed E-state index contributed by atoms with van der Waals surface area (Å²) in [6.45, 7) is 2.40. The fourth-order valence-electron chi connectivity index (χ4n) is 1.78. The molecule has 100 valence electrons. The average molecular weight is 259 g/mol. The maximum Gasteiger partial charge on any atom is 0.327 e. The molecule has 0 fully saturated rings. The monoisotopic (exact) mass is 259 g/mol. The first-order chi connectivity index (χ1) is 9.24. The molecule has 0 saturated heterocycles. The van der Waals surface area contributed by atoms with Crippen LogP contribution in [0.5, 0.6) is 5.75 Å². The van der Waals surface area contributed by atoms with Crippen LogP contribution in [0.2, 0.25) is 0 Å². The van der Waals surface area contributed by atoms with Crippen molar-refractivity contribution in [3.63, 3.8) is 0 Å². The SMILES string of the molecule is CCc1ccc(OC)c(NC(=O)N2C=CC=NC2)c1. The summed E-state index contributed by atoms with van der Waals surface area (Å²) in [5.41, 5.74) is 1.82. The van der Waals surface area contributed by atoms with Crippen molar-refractivity contribution in [1.29, 1.82) is 0 Å². The van der Waals surface area contributed by atoms with E-state index in [9.17, 15) is 4.79 Å². The Bertz CT molecular complexity index is 523. The summed E-state index contributed by atoms with van der Waals surface area (Å²) >= 11 is 0. The number of rotatable bonds is 3. The molecule has 1 aromatic carbocycles. The Kier molecular flexibility index (Phi) is 4.18. The molecule has 0 unspecified atom stereocenters. The molecular weight excluding hydrogens is 242 g/mol. The Morgan fingerprint density at radius 3 is 3.00 bits per heavy atom. The smallest absolute Gasteiger partial charge is 0.327 e. The molecule has 0 bridgehead atoms. The zero-order valence-electron chi connectivity index (χ0n) is 11.1. The van der Waals surface area contributed by atoms with Gasteiger partial charge < -0.3 is 10.1 Å². The van der Waals surface area contributed by atoms with Gasteiger partial charge in [-0.05, 0) is 30.2 Å². The van der Waals surface area contributed by atoms with Gasteiger partial charge in [0.15, 0.2) is 0 Å². The van der Waals surface area contributed by atoms with E-state index in [0.29, 0.717) is 18.1 Å². The van der Waals surface area contributed by atoms with Crippen molar-refractivity contribution < 1.29 is 9.53 Å². The first kappa shape index (κ1) is 13.1. The second-order valence-electron chi connectivity index (χ2n) is 4.10. The third-order valence-corrected chi connectivity index (χ3v) is 2.87. The summed E-state index contributed by atoms with van der Waals surface area (Å²) in [6, 6.07) is 5.55. The third kappa shape index (κ3) is 3.13. The summed E-state index contributed by atoms with van der Waals surface area (Å²) in [6.07, 6.45) is 5.99. The van der Waals surface area contributed by atoms with Gasteiger partial charge in [0.25, 0.3) is 0 Å². The Balaban J connectivity index is 2.15. The molecular formula is C14H17N3O2. The fourth-order valence-corrected chi connectivity index (χ4v) is 1.78. The highest BCUT2D eigenvalue weighted by Gasteiger charge is 2.14. The lowest BCUT2D eigenvalue weighted by molar-refractivity contribution is 0.229. The van der Waals surface area contributed by atoms with Crippen molar-refractivity contribution in [3.05, 3.63) is 36.0 Å². The predicted molar refractivity (Wildman–Crippen MR) is 75.7 cm³/mol. The van der Waals surface area contributed by atoms with Crippen LogP contribution >= 0.6 is 0 Å². The van der Waals surface area contributed by atoms with Crippen LogP contribution in [-0.4, -0.2) is 30.9 Å². The molecule has 2 amide bonds. The molecule has 1 aromatic rings. The molecule has 2 rings (SSSR count). The van der Waals surface area contributed by atoms with Crippen molar-refractivity contribution in [2.75, 3.05) is 19.1 Å². The van der Waals surface area contributed by atoms with Crippen LogP contribution in [0.15, 0.2) is 35.5 Å². The van der Waals surface area contributed by atoms with Gasteiger partial charge in [0.05, 0.1) is 12.8 Å². The number of carbonyl (C=O) groups is 1. The van der Waals surface area contributed by atoms with E-state index in [0.717, 1.165) is 12.0 Å². The second kappa shape index (κ2) is 6.04. The number of methoxy groups -OCH3 is 1. The van der Waals surface area contributed by atoms with Gasteiger partial charge >= 0.3 is 6.03 Å². The van der Waals surface area contributed by atoms with E-state index < -0.39 is 0 Å². The van der Waals surface area contributed by atoms with Gasteiger partial charge in [0, 0.05) is 12.4 Å². The first-order valence-electron chi connectivity index (χ1n) is 6.15. The Morgan fingerprint density at radius 1 is 1.53 bits per heavy atom. The number of anilines is 1. The number of nitrogens with zero attached hydrogens (tertiary/aromatic N) is 2. The Labute approximate surface area is 112 Å². The zero-order valence-corrected chi connectivity index (χ0v) is 11.1. The number of hydrogen-bond acceptors (Lipinski definition) is 3. The number of nitrogens with one attached hydrogen (secondary N) is 1. The van der Waals surface area contributed by atoms with Gasteiger partial charge in [-0.3, -0.25) is 9.89 Å². The summed E-state index contributed by atoms with van der Waals surface area (Å²) in [7, 11) is 1.59. The quantitative estimate of drug-likeness (QED) is 0.907. The van der Waals surface area contributed by atoms with Crippen molar-refractivity contribution >= 4 is 17.9 Å². The summed E-state index contributed by atoms with van der Waals surface area (Å²) in [4.78, 5) is 17.6. The molecule has 5 nitrogen and oxygen atoms in total. The number of aryl methyl sites for hydroxylation is 1. The summed E-state index contributed by atoms with van der Waals surface area (Å²) in [5, 5.41) is 2.84. The minimum Gasteiger partial charge on any atom is -0.495 e. The number of hydrogen-bond donors (Lipinski definition) is 1.